The third-order valence-electron chi connectivity index (χ3n) is 5.74. The maximum Gasteiger partial charge on any atom is 0.139 e. The molecule has 0 N–H and O–H groups in total. The van der Waals surface area contributed by atoms with Gasteiger partial charge in [-0.3, -0.25) is 0 Å². The summed E-state index contributed by atoms with van der Waals surface area (Å²) in [5.41, 5.74) is 7.16. The summed E-state index contributed by atoms with van der Waals surface area (Å²) in [6.45, 7) is 6.35. The number of benzene rings is 3. The van der Waals surface area contributed by atoms with Crippen molar-refractivity contribution >= 4 is 0 Å². The number of hydrogen-bond donors (Lipinski definition) is 0. The van der Waals surface area contributed by atoms with E-state index < -0.39 is 0 Å². The van der Waals surface area contributed by atoms with Gasteiger partial charge in [-0.05, 0) is 78.6 Å². The highest BCUT2D eigenvalue weighted by molar-refractivity contribution is 5.65. The fraction of sp³-hybridized carbons (Fsp3) is 0.333. The molecule has 0 fully saturated rings. The molecule has 1 heteroatoms. The molecule has 0 bridgehead atoms. The first-order chi connectivity index (χ1) is 15.1. The standard InChI is InChI=1S/C30H33F/c1-4-6-8-10-26-21-23(3)29(30(31)22-26)20-15-25-13-18-28(19-14-25)27-16-11-24(12-17-27)9-7-5-2/h11-14,16-19,21-22H,4-10H2,1-3H3. The van der Waals surface area contributed by atoms with Crippen LogP contribution in [0.15, 0.2) is 60.7 Å². The lowest BCUT2D eigenvalue weighted by Crippen LogP contribution is -1.94. The monoisotopic (exact) mass is 412 g/mol. The van der Waals surface area contributed by atoms with Crippen molar-refractivity contribution in [3.8, 4) is 23.0 Å². The van der Waals surface area contributed by atoms with Gasteiger partial charge in [-0.2, -0.15) is 0 Å². The van der Waals surface area contributed by atoms with E-state index in [4.69, 9.17) is 0 Å². The number of hydrogen-bond acceptors (Lipinski definition) is 0. The van der Waals surface area contributed by atoms with Crippen molar-refractivity contribution in [3.05, 3.63) is 94.3 Å². The van der Waals surface area contributed by atoms with Gasteiger partial charge in [0, 0.05) is 5.56 Å². The molecule has 0 saturated heterocycles. The average Bonchev–Trinajstić information content (AvgIpc) is 2.78. The maximum absolute atomic E-state index is 14.6. The van der Waals surface area contributed by atoms with E-state index in [9.17, 15) is 4.39 Å². The fourth-order valence-corrected chi connectivity index (χ4v) is 3.82. The molecular weight excluding hydrogens is 379 g/mol. The molecule has 0 unspecified atom stereocenters. The van der Waals surface area contributed by atoms with Gasteiger partial charge in [-0.15, -0.1) is 0 Å². The number of aryl methyl sites for hydroxylation is 3. The maximum atomic E-state index is 14.6. The summed E-state index contributed by atoms with van der Waals surface area (Å²) in [6, 6.07) is 20.7. The van der Waals surface area contributed by atoms with Crippen molar-refractivity contribution in [3.63, 3.8) is 0 Å². The van der Waals surface area contributed by atoms with Gasteiger partial charge in [0.15, 0.2) is 0 Å². The molecule has 0 atom stereocenters. The van der Waals surface area contributed by atoms with Crippen LogP contribution < -0.4 is 0 Å². The van der Waals surface area contributed by atoms with Gasteiger partial charge < -0.3 is 0 Å². The smallest absolute Gasteiger partial charge is 0.139 e. The van der Waals surface area contributed by atoms with E-state index >= 15 is 0 Å². The van der Waals surface area contributed by atoms with Gasteiger partial charge in [-0.25, -0.2) is 4.39 Å². The average molecular weight is 413 g/mol. The molecule has 3 aromatic carbocycles. The van der Waals surface area contributed by atoms with Crippen molar-refractivity contribution < 1.29 is 4.39 Å². The van der Waals surface area contributed by atoms with E-state index in [-0.39, 0.29) is 5.82 Å². The van der Waals surface area contributed by atoms with Gasteiger partial charge in [-0.1, -0.05) is 87.4 Å². The third kappa shape index (κ3) is 6.56. The van der Waals surface area contributed by atoms with Crippen molar-refractivity contribution in [1.82, 2.24) is 0 Å². The van der Waals surface area contributed by atoms with Gasteiger partial charge in [0.25, 0.3) is 0 Å². The summed E-state index contributed by atoms with van der Waals surface area (Å²) in [7, 11) is 0. The van der Waals surface area contributed by atoms with Crippen molar-refractivity contribution in [2.45, 2.75) is 65.7 Å². The van der Waals surface area contributed by atoms with Crippen LogP contribution in [0.5, 0.6) is 0 Å². The molecule has 160 valence electrons. The Morgan fingerprint density at radius 2 is 1.29 bits per heavy atom. The molecule has 0 aliphatic carbocycles. The first kappa shape index (κ1) is 22.8. The third-order valence-corrected chi connectivity index (χ3v) is 5.74. The Morgan fingerprint density at radius 3 is 1.90 bits per heavy atom. The first-order valence-electron chi connectivity index (χ1n) is 11.6. The van der Waals surface area contributed by atoms with E-state index in [1.807, 2.05) is 19.1 Å². The molecule has 0 nitrogen and oxygen atoms in total. The zero-order valence-electron chi connectivity index (χ0n) is 19.1. The van der Waals surface area contributed by atoms with Gasteiger partial charge in [0.2, 0.25) is 0 Å². The largest absolute Gasteiger partial charge is 0.206 e. The summed E-state index contributed by atoms with van der Waals surface area (Å²) < 4.78 is 14.6. The highest BCUT2D eigenvalue weighted by atomic mass is 19.1. The highest BCUT2D eigenvalue weighted by Gasteiger charge is 2.06. The zero-order chi connectivity index (χ0) is 22.1. The van der Waals surface area contributed by atoms with Crippen molar-refractivity contribution in [2.24, 2.45) is 0 Å². The fourth-order valence-electron chi connectivity index (χ4n) is 3.82. The van der Waals surface area contributed by atoms with Crippen LogP contribution in [0, 0.1) is 24.6 Å². The van der Waals surface area contributed by atoms with Crippen molar-refractivity contribution in [2.75, 3.05) is 0 Å². The first-order valence-corrected chi connectivity index (χ1v) is 11.6. The lowest BCUT2D eigenvalue weighted by molar-refractivity contribution is 0.618. The molecule has 0 aliphatic heterocycles. The summed E-state index contributed by atoms with van der Waals surface area (Å²) >= 11 is 0. The molecule has 0 aromatic heterocycles. The van der Waals surface area contributed by atoms with E-state index in [0.717, 1.165) is 36.0 Å². The lowest BCUT2D eigenvalue weighted by Gasteiger charge is -2.06. The van der Waals surface area contributed by atoms with Crippen LogP contribution in [0.3, 0.4) is 0 Å². The summed E-state index contributed by atoms with van der Waals surface area (Å²) in [6.07, 6.45) is 7.98. The van der Waals surface area contributed by atoms with Gasteiger partial charge >= 0.3 is 0 Å². The predicted molar refractivity (Wildman–Crippen MR) is 131 cm³/mol. The molecule has 3 aromatic rings. The van der Waals surface area contributed by atoms with Crippen LogP contribution in [0.25, 0.3) is 11.1 Å². The Kier molecular flexibility index (Phi) is 8.48. The lowest BCUT2D eigenvalue weighted by atomic mass is 9.99. The second-order valence-corrected chi connectivity index (χ2v) is 8.35. The molecule has 0 aliphatic rings. The minimum Gasteiger partial charge on any atom is -0.206 e. The number of rotatable bonds is 8. The highest BCUT2D eigenvalue weighted by Crippen LogP contribution is 2.21. The zero-order valence-corrected chi connectivity index (χ0v) is 19.1. The van der Waals surface area contributed by atoms with Crippen LogP contribution in [0.1, 0.15) is 73.8 Å². The van der Waals surface area contributed by atoms with Crippen LogP contribution in [-0.2, 0) is 12.8 Å². The number of halogens is 1. The van der Waals surface area contributed by atoms with Gasteiger partial charge in [0.05, 0.1) is 5.56 Å². The molecule has 0 radical (unpaired) electrons. The van der Waals surface area contributed by atoms with Crippen LogP contribution in [-0.4, -0.2) is 0 Å². The van der Waals surface area contributed by atoms with E-state index in [2.05, 4.69) is 68.2 Å². The molecular formula is C30H33F. The predicted octanol–water partition coefficient (Wildman–Crippen LogP) is 8.28. The summed E-state index contributed by atoms with van der Waals surface area (Å²) in [4.78, 5) is 0. The Bertz CT molecular complexity index is 1010. The van der Waals surface area contributed by atoms with E-state index in [0.29, 0.717) is 5.56 Å². The molecule has 31 heavy (non-hydrogen) atoms. The topological polar surface area (TPSA) is 0 Å². The van der Waals surface area contributed by atoms with E-state index in [1.54, 1.807) is 6.07 Å². The van der Waals surface area contributed by atoms with Crippen molar-refractivity contribution in [1.29, 1.82) is 0 Å². The molecule has 0 spiro atoms. The molecule has 0 amide bonds. The van der Waals surface area contributed by atoms with Crippen LogP contribution in [0.4, 0.5) is 4.39 Å². The minimum absolute atomic E-state index is 0.209. The summed E-state index contributed by atoms with van der Waals surface area (Å²) in [5, 5.41) is 0. The Hall–Kier alpha value is -2.85. The minimum atomic E-state index is -0.209. The Balaban J connectivity index is 1.71. The Labute approximate surface area is 187 Å². The second kappa shape index (κ2) is 11.5. The SMILES string of the molecule is CCCCCc1cc(C)c(C#Cc2ccc(-c3ccc(CCCC)cc3)cc2)c(F)c1. The normalized spacial score (nSPS) is 10.6. The van der Waals surface area contributed by atoms with E-state index in [1.165, 1.54) is 42.4 Å². The van der Waals surface area contributed by atoms with Crippen LogP contribution >= 0.6 is 0 Å². The molecule has 0 heterocycles. The molecule has 0 saturated carbocycles. The second-order valence-electron chi connectivity index (χ2n) is 8.35. The van der Waals surface area contributed by atoms with Crippen LogP contribution in [0.2, 0.25) is 0 Å². The quantitative estimate of drug-likeness (QED) is 0.258. The molecule has 3 rings (SSSR count). The summed E-state index contributed by atoms with van der Waals surface area (Å²) in [5.74, 6) is 5.98. The Morgan fingerprint density at radius 1 is 0.677 bits per heavy atom. The number of unbranched alkanes of at least 4 members (excludes halogenated alkanes) is 3. The van der Waals surface area contributed by atoms with Gasteiger partial charge in [0.1, 0.15) is 5.82 Å².